The molecule has 0 radical (unpaired) electrons. The van der Waals surface area contributed by atoms with Crippen molar-refractivity contribution >= 4 is 27.1 Å². The summed E-state index contributed by atoms with van der Waals surface area (Å²) >= 11 is 0. The fraction of sp³-hybridized carbons (Fsp3) is 0.667. The first-order chi connectivity index (χ1) is 14.2. The second kappa shape index (κ2) is 6.81. The van der Waals surface area contributed by atoms with Crippen molar-refractivity contribution in [3.63, 3.8) is 0 Å². The summed E-state index contributed by atoms with van der Waals surface area (Å²) in [5.41, 5.74) is 0.284. The van der Waals surface area contributed by atoms with E-state index in [1.807, 2.05) is 12.3 Å². The van der Waals surface area contributed by atoms with Gasteiger partial charge in [0.25, 0.3) is 16.1 Å². The van der Waals surface area contributed by atoms with Crippen LogP contribution in [0, 0.1) is 0 Å². The van der Waals surface area contributed by atoms with Gasteiger partial charge in [-0.2, -0.15) is 17.0 Å². The molecule has 5 rings (SSSR count). The van der Waals surface area contributed by atoms with E-state index in [4.69, 9.17) is 0 Å². The summed E-state index contributed by atoms with van der Waals surface area (Å²) in [6.07, 6.45) is 4.53. The number of nitrogens with one attached hydrogen (secondary N) is 2. The van der Waals surface area contributed by atoms with Crippen LogP contribution in [0.3, 0.4) is 0 Å². The summed E-state index contributed by atoms with van der Waals surface area (Å²) in [4.78, 5) is 13.9. The number of halogens is 2. The molecule has 2 aromatic rings. The summed E-state index contributed by atoms with van der Waals surface area (Å²) in [5, 5.41) is 3.64. The highest BCUT2D eigenvalue weighted by molar-refractivity contribution is 7.86. The van der Waals surface area contributed by atoms with Gasteiger partial charge < -0.3 is 15.2 Å². The highest BCUT2D eigenvalue weighted by Gasteiger charge is 2.57. The quantitative estimate of drug-likeness (QED) is 0.712. The molecule has 1 saturated carbocycles. The molecule has 2 aromatic heterocycles. The van der Waals surface area contributed by atoms with Crippen LogP contribution < -0.4 is 10.2 Å². The maximum atomic E-state index is 13.5. The van der Waals surface area contributed by atoms with Crippen LogP contribution in [0.15, 0.2) is 18.6 Å². The number of likely N-dealkylation sites (N-methyl/N-ethyl adjacent to an activating group) is 1. The Labute approximate surface area is 173 Å². The Kier molecular flexibility index (Phi) is 4.55. The zero-order valence-electron chi connectivity index (χ0n) is 16.7. The van der Waals surface area contributed by atoms with E-state index >= 15 is 0 Å². The number of rotatable bonds is 5. The average Bonchev–Trinajstić information content (AvgIpc) is 3.12. The third-order valence-corrected chi connectivity index (χ3v) is 8.45. The molecule has 12 heteroatoms. The lowest BCUT2D eigenvalue weighted by Gasteiger charge is -2.43. The second-order valence-electron chi connectivity index (χ2n) is 8.58. The summed E-state index contributed by atoms with van der Waals surface area (Å²) in [6.45, 7) is 1.02. The molecule has 1 aliphatic carbocycles. The van der Waals surface area contributed by atoms with Gasteiger partial charge in [-0.15, -0.1) is 0 Å². The van der Waals surface area contributed by atoms with Gasteiger partial charge in [0.15, 0.2) is 0 Å². The van der Waals surface area contributed by atoms with E-state index in [2.05, 4.69) is 25.2 Å². The highest BCUT2D eigenvalue weighted by atomic mass is 32.2. The maximum absolute atomic E-state index is 13.5. The smallest absolute Gasteiger partial charge is 0.282 e. The van der Waals surface area contributed by atoms with Gasteiger partial charge >= 0.3 is 0 Å². The fourth-order valence-corrected chi connectivity index (χ4v) is 6.41. The van der Waals surface area contributed by atoms with Gasteiger partial charge in [-0.3, -0.25) is 0 Å². The van der Waals surface area contributed by atoms with Gasteiger partial charge in [0.05, 0.1) is 17.5 Å². The van der Waals surface area contributed by atoms with E-state index in [0.29, 0.717) is 19.6 Å². The molecule has 164 valence electrons. The third-order valence-electron chi connectivity index (χ3n) is 6.39. The first-order valence-electron chi connectivity index (χ1n) is 10.1. The largest absolute Gasteiger partial charge is 0.353 e. The maximum Gasteiger partial charge on any atom is 0.282 e. The predicted octanol–water partition coefficient (Wildman–Crippen LogP) is 0.786. The molecule has 1 unspecified atom stereocenters. The van der Waals surface area contributed by atoms with Gasteiger partial charge in [0.1, 0.15) is 17.8 Å². The van der Waals surface area contributed by atoms with Crippen molar-refractivity contribution in [2.75, 3.05) is 44.7 Å². The van der Waals surface area contributed by atoms with Crippen LogP contribution in [0.5, 0.6) is 0 Å². The lowest BCUT2D eigenvalue weighted by Crippen LogP contribution is -2.60. The molecule has 0 amide bonds. The van der Waals surface area contributed by atoms with Crippen molar-refractivity contribution in [1.82, 2.24) is 28.9 Å². The van der Waals surface area contributed by atoms with Crippen LogP contribution >= 0.6 is 0 Å². The minimum absolute atomic E-state index is 0.0318. The number of hydrogen-bond donors (Lipinski definition) is 2. The standard InChI is InChI=1S/C18H25F2N7O2S/c1-25(9-13-8-18(19,20)10-22-13)30(28,29)27-7-6-26(11-17(27)3-4-17)16-14-2-5-21-15(14)23-12-24-16/h2,5,12-13,22H,3-4,6-11H2,1H3,(H,21,23,24). The molecule has 30 heavy (non-hydrogen) atoms. The number of aromatic amines is 1. The topological polar surface area (TPSA) is 97.5 Å². The molecule has 2 N–H and O–H groups in total. The summed E-state index contributed by atoms with van der Waals surface area (Å²) in [6, 6.07) is 1.38. The van der Waals surface area contributed by atoms with Crippen molar-refractivity contribution in [2.24, 2.45) is 0 Å². The SMILES string of the molecule is CN(CC1CC(F)(F)CN1)S(=O)(=O)N1CCN(c2ncnc3[nH]ccc23)CC12CC2. The summed E-state index contributed by atoms with van der Waals surface area (Å²) in [5.74, 6) is -1.98. The molecule has 4 heterocycles. The Morgan fingerprint density at radius 2 is 2.10 bits per heavy atom. The second-order valence-corrected chi connectivity index (χ2v) is 10.5. The Morgan fingerprint density at radius 3 is 2.80 bits per heavy atom. The number of H-pyrrole nitrogens is 1. The first-order valence-corrected chi connectivity index (χ1v) is 11.5. The monoisotopic (exact) mass is 441 g/mol. The molecule has 2 saturated heterocycles. The van der Waals surface area contributed by atoms with Gasteiger partial charge in [-0.25, -0.2) is 18.7 Å². The summed E-state index contributed by atoms with van der Waals surface area (Å²) < 4.78 is 56.3. The van der Waals surface area contributed by atoms with Crippen LogP contribution in [0.2, 0.25) is 0 Å². The minimum Gasteiger partial charge on any atom is -0.353 e. The minimum atomic E-state index is -3.75. The Bertz CT molecular complexity index is 1060. The molecular weight excluding hydrogens is 416 g/mol. The molecular formula is C18H25F2N7O2S. The molecule has 3 fully saturated rings. The zero-order valence-corrected chi connectivity index (χ0v) is 17.5. The number of piperazine rings is 1. The molecule has 0 aromatic carbocycles. The zero-order chi connectivity index (χ0) is 21.1. The lowest BCUT2D eigenvalue weighted by atomic mass is 10.2. The Morgan fingerprint density at radius 1 is 1.30 bits per heavy atom. The van der Waals surface area contributed by atoms with Gasteiger partial charge in [0.2, 0.25) is 0 Å². The number of aromatic nitrogens is 3. The van der Waals surface area contributed by atoms with Gasteiger partial charge in [-0.1, -0.05) is 0 Å². The van der Waals surface area contributed by atoms with E-state index < -0.39 is 34.3 Å². The van der Waals surface area contributed by atoms with E-state index in [1.54, 1.807) is 4.31 Å². The number of alkyl halides is 2. The average molecular weight is 442 g/mol. The van der Waals surface area contributed by atoms with E-state index in [1.165, 1.54) is 17.7 Å². The number of fused-ring (bicyclic) bond motifs is 1. The number of anilines is 1. The van der Waals surface area contributed by atoms with Crippen molar-refractivity contribution < 1.29 is 17.2 Å². The number of nitrogens with zero attached hydrogens (tertiary/aromatic N) is 5. The molecule has 9 nitrogen and oxygen atoms in total. The lowest BCUT2D eigenvalue weighted by molar-refractivity contribution is 0.0206. The van der Waals surface area contributed by atoms with E-state index in [9.17, 15) is 17.2 Å². The van der Waals surface area contributed by atoms with Crippen molar-refractivity contribution in [2.45, 2.75) is 36.8 Å². The van der Waals surface area contributed by atoms with E-state index in [-0.39, 0.29) is 13.0 Å². The van der Waals surface area contributed by atoms with Crippen LogP contribution in [-0.4, -0.2) is 89.3 Å². The molecule has 1 atom stereocenters. The molecule has 3 aliphatic rings. The van der Waals surface area contributed by atoms with Crippen molar-refractivity contribution in [3.05, 3.63) is 18.6 Å². The number of hydrogen-bond acceptors (Lipinski definition) is 6. The van der Waals surface area contributed by atoms with Crippen LogP contribution in [-0.2, 0) is 10.2 Å². The Hall–Kier alpha value is -1.89. The van der Waals surface area contributed by atoms with Gasteiger partial charge in [-0.05, 0) is 18.9 Å². The molecule has 1 spiro atoms. The predicted molar refractivity (Wildman–Crippen MR) is 108 cm³/mol. The first kappa shape index (κ1) is 20.0. The Balaban J connectivity index is 1.32. The van der Waals surface area contributed by atoms with Crippen LogP contribution in [0.25, 0.3) is 11.0 Å². The summed E-state index contributed by atoms with van der Waals surface area (Å²) in [7, 11) is -2.28. The molecule has 0 bridgehead atoms. The van der Waals surface area contributed by atoms with Crippen molar-refractivity contribution in [1.29, 1.82) is 0 Å². The van der Waals surface area contributed by atoms with Gasteiger partial charge in [0, 0.05) is 51.9 Å². The normalized spacial score (nSPS) is 26.1. The van der Waals surface area contributed by atoms with Crippen LogP contribution in [0.1, 0.15) is 19.3 Å². The van der Waals surface area contributed by atoms with Crippen LogP contribution in [0.4, 0.5) is 14.6 Å². The third kappa shape index (κ3) is 3.35. The highest BCUT2D eigenvalue weighted by Crippen LogP contribution is 2.47. The van der Waals surface area contributed by atoms with Crippen molar-refractivity contribution in [3.8, 4) is 0 Å². The van der Waals surface area contributed by atoms with E-state index in [0.717, 1.165) is 29.7 Å². The molecule has 2 aliphatic heterocycles. The fourth-order valence-electron chi connectivity index (χ4n) is 4.67.